The standard InChI is InChI=1S/C9H12N4O/c1-9(2,3)13-5-12-6-7(13)10-4-11-8(6)14/h4-6H,1-3H3. The fourth-order valence-electron chi connectivity index (χ4n) is 1.43. The van der Waals surface area contributed by atoms with E-state index in [-0.39, 0.29) is 11.4 Å². The van der Waals surface area contributed by atoms with E-state index in [0.29, 0.717) is 5.84 Å². The summed E-state index contributed by atoms with van der Waals surface area (Å²) in [5, 5.41) is 0. The van der Waals surface area contributed by atoms with E-state index in [4.69, 9.17) is 0 Å². The van der Waals surface area contributed by atoms with Crippen molar-refractivity contribution >= 4 is 24.4 Å². The minimum atomic E-state index is -0.515. The first-order valence-electron chi connectivity index (χ1n) is 4.47. The quantitative estimate of drug-likeness (QED) is 0.560. The van der Waals surface area contributed by atoms with Gasteiger partial charge in [-0.15, -0.1) is 0 Å². The van der Waals surface area contributed by atoms with Crippen molar-refractivity contribution in [2.45, 2.75) is 32.4 Å². The molecule has 5 nitrogen and oxygen atoms in total. The van der Waals surface area contributed by atoms with Crippen LogP contribution in [0, 0.1) is 0 Å². The van der Waals surface area contributed by atoms with Gasteiger partial charge in [0.2, 0.25) is 0 Å². The fourth-order valence-corrected chi connectivity index (χ4v) is 1.43. The topological polar surface area (TPSA) is 57.4 Å². The van der Waals surface area contributed by atoms with Crippen LogP contribution in [0.1, 0.15) is 20.8 Å². The molecule has 14 heavy (non-hydrogen) atoms. The molecule has 5 heteroatoms. The monoisotopic (exact) mass is 192 g/mol. The molecule has 0 aromatic heterocycles. The van der Waals surface area contributed by atoms with Crippen molar-refractivity contribution in [1.29, 1.82) is 0 Å². The lowest BCUT2D eigenvalue weighted by atomic mass is 10.1. The molecule has 0 bridgehead atoms. The molecule has 0 saturated heterocycles. The summed E-state index contributed by atoms with van der Waals surface area (Å²) in [4.78, 5) is 25.0. The molecule has 0 aliphatic carbocycles. The van der Waals surface area contributed by atoms with E-state index in [2.05, 4.69) is 15.0 Å². The molecule has 1 atom stereocenters. The van der Waals surface area contributed by atoms with E-state index < -0.39 is 6.04 Å². The summed E-state index contributed by atoms with van der Waals surface area (Å²) in [7, 11) is 0. The van der Waals surface area contributed by atoms with E-state index in [1.807, 2.05) is 25.7 Å². The van der Waals surface area contributed by atoms with Gasteiger partial charge in [0.25, 0.3) is 5.91 Å². The summed E-state index contributed by atoms with van der Waals surface area (Å²) in [6.45, 7) is 6.13. The Morgan fingerprint density at radius 3 is 2.79 bits per heavy atom. The lowest BCUT2D eigenvalue weighted by molar-refractivity contribution is -0.117. The largest absolute Gasteiger partial charge is 0.313 e. The highest BCUT2D eigenvalue weighted by molar-refractivity contribution is 6.19. The maximum atomic E-state index is 11.3. The molecule has 1 unspecified atom stereocenters. The molecule has 2 heterocycles. The lowest BCUT2D eigenvalue weighted by Crippen LogP contribution is -2.46. The van der Waals surface area contributed by atoms with E-state index >= 15 is 0 Å². The molecule has 2 rings (SSSR count). The van der Waals surface area contributed by atoms with Gasteiger partial charge in [0.05, 0.1) is 6.34 Å². The number of nitrogens with zero attached hydrogens (tertiary/aromatic N) is 4. The number of rotatable bonds is 0. The molecule has 0 saturated carbocycles. The molecular formula is C9H12N4O. The first-order chi connectivity index (χ1) is 6.50. The smallest absolute Gasteiger partial charge is 0.279 e. The Kier molecular flexibility index (Phi) is 1.77. The fraction of sp³-hybridized carbons (Fsp3) is 0.556. The van der Waals surface area contributed by atoms with Gasteiger partial charge in [-0.3, -0.25) is 9.79 Å². The maximum Gasteiger partial charge on any atom is 0.279 e. The predicted molar refractivity (Wildman–Crippen MR) is 54.8 cm³/mol. The first-order valence-corrected chi connectivity index (χ1v) is 4.47. The van der Waals surface area contributed by atoms with Gasteiger partial charge in [-0.05, 0) is 20.8 Å². The number of fused-ring (bicyclic) bond motifs is 1. The second-order valence-electron chi connectivity index (χ2n) is 4.28. The number of amides is 1. The highest BCUT2D eigenvalue weighted by Crippen LogP contribution is 2.21. The minimum Gasteiger partial charge on any atom is -0.313 e. The molecular weight excluding hydrogens is 180 g/mol. The number of aliphatic imine (C=N–C) groups is 3. The second kappa shape index (κ2) is 2.73. The zero-order valence-electron chi connectivity index (χ0n) is 8.43. The number of carbonyl (C=O) groups excluding carboxylic acids is 1. The summed E-state index contributed by atoms with van der Waals surface area (Å²) in [5.74, 6) is 0.440. The van der Waals surface area contributed by atoms with Crippen LogP contribution in [0.4, 0.5) is 0 Å². The SMILES string of the molecule is CC(C)(C)N1C=NC2C(=O)N=CN=C21. The first kappa shape index (κ1) is 9.05. The average Bonchev–Trinajstić information content (AvgIpc) is 2.47. The summed E-state index contributed by atoms with van der Waals surface area (Å²) < 4.78 is 0. The number of hydrogen-bond donors (Lipinski definition) is 0. The number of amidine groups is 1. The second-order valence-corrected chi connectivity index (χ2v) is 4.28. The van der Waals surface area contributed by atoms with E-state index in [1.54, 1.807) is 6.34 Å². The molecule has 0 aromatic rings. The summed E-state index contributed by atoms with van der Waals surface area (Å²) in [5.41, 5.74) is -0.109. The van der Waals surface area contributed by atoms with Crippen molar-refractivity contribution in [2.75, 3.05) is 0 Å². The molecule has 0 radical (unpaired) electrons. The molecule has 2 aliphatic rings. The van der Waals surface area contributed by atoms with Gasteiger partial charge in [0.1, 0.15) is 12.2 Å². The van der Waals surface area contributed by atoms with Crippen molar-refractivity contribution in [1.82, 2.24) is 4.90 Å². The van der Waals surface area contributed by atoms with Crippen LogP contribution in [0.2, 0.25) is 0 Å². The zero-order chi connectivity index (χ0) is 10.3. The van der Waals surface area contributed by atoms with Crippen LogP contribution in [0.5, 0.6) is 0 Å². The lowest BCUT2D eigenvalue weighted by Gasteiger charge is -2.32. The van der Waals surface area contributed by atoms with Crippen LogP contribution in [-0.4, -0.2) is 40.9 Å². The normalized spacial score (nSPS) is 25.4. The van der Waals surface area contributed by atoms with Crippen LogP contribution in [-0.2, 0) is 4.79 Å². The van der Waals surface area contributed by atoms with Gasteiger partial charge >= 0.3 is 0 Å². The van der Waals surface area contributed by atoms with Crippen molar-refractivity contribution < 1.29 is 4.79 Å². The van der Waals surface area contributed by atoms with Crippen molar-refractivity contribution in [2.24, 2.45) is 15.0 Å². The molecule has 0 fully saturated rings. The van der Waals surface area contributed by atoms with Crippen LogP contribution < -0.4 is 0 Å². The Labute approximate surface area is 82.3 Å². The molecule has 0 N–H and O–H groups in total. The van der Waals surface area contributed by atoms with Crippen molar-refractivity contribution in [3.05, 3.63) is 0 Å². The predicted octanol–water partition coefficient (Wildman–Crippen LogP) is 0.464. The molecule has 74 valence electrons. The maximum absolute atomic E-state index is 11.3. The highest BCUT2D eigenvalue weighted by Gasteiger charge is 2.38. The Hall–Kier alpha value is -1.52. The third kappa shape index (κ3) is 1.25. The Bertz CT molecular complexity index is 361. The Morgan fingerprint density at radius 1 is 1.43 bits per heavy atom. The van der Waals surface area contributed by atoms with Crippen LogP contribution >= 0.6 is 0 Å². The summed E-state index contributed by atoms with van der Waals surface area (Å²) in [6, 6.07) is -0.515. The van der Waals surface area contributed by atoms with Gasteiger partial charge < -0.3 is 4.90 Å². The van der Waals surface area contributed by atoms with Crippen LogP contribution in [0.3, 0.4) is 0 Å². The van der Waals surface area contributed by atoms with Gasteiger partial charge in [-0.1, -0.05) is 0 Å². The molecule has 2 aliphatic heterocycles. The zero-order valence-corrected chi connectivity index (χ0v) is 8.43. The van der Waals surface area contributed by atoms with Crippen LogP contribution in [0.15, 0.2) is 15.0 Å². The Morgan fingerprint density at radius 2 is 2.14 bits per heavy atom. The van der Waals surface area contributed by atoms with E-state index in [1.165, 1.54) is 6.34 Å². The van der Waals surface area contributed by atoms with Gasteiger partial charge in [0.15, 0.2) is 6.04 Å². The molecule has 1 amide bonds. The number of hydrogen-bond acceptors (Lipinski definition) is 4. The summed E-state index contributed by atoms with van der Waals surface area (Å²) in [6.07, 6.45) is 2.96. The Balaban J connectivity index is 2.36. The highest BCUT2D eigenvalue weighted by atomic mass is 16.1. The minimum absolute atomic E-state index is 0.109. The number of carbonyl (C=O) groups is 1. The van der Waals surface area contributed by atoms with E-state index in [0.717, 1.165) is 0 Å². The third-order valence-electron chi connectivity index (χ3n) is 2.15. The van der Waals surface area contributed by atoms with Crippen molar-refractivity contribution in [3.63, 3.8) is 0 Å². The average molecular weight is 192 g/mol. The van der Waals surface area contributed by atoms with Gasteiger partial charge in [0, 0.05) is 5.54 Å². The van der Waals surface area contributed by atoms with Crippen molar-refractivity contribution in [3.8, 4) is 0 Å². The summed E-state index contributed by atoms with van der Waals surface area (Å²) >= 11 is 0. The van der Waals surface area contributed by atoms with Crippen LogP contribution in [0.25, 0.3) is 0 Å². The third-order valence-corrected chi connectivity index (χ3v) is 2.15. The molecule has 0 spiro atoms. The van der Waals surface area contributed by atoms with E-state index in [9.17, 15) is 4.79 Å². The van der Waals surface area contributed by atoms with Gasteiger partial charge in [-0.25, -0.2) is 4.99 Å². The van der Waals surface area contributed by atoms with Gasteiger partial charge in [-0.2, -0.15) is 4.99 Å². The molecule has 0 aromatic carbocycles.